The largest absolute Gasteiger partial charge is 0.311 e. The molecule has 6 aromatic carbocycles. The molecule has 0 aliphatic heterocycles. The molecule has 186 valence electrons. The number of para-hydroxylation sites is 1. The fraction of sp³-hybridized carbons (Fsp3) is 0.0541. The van der Waals surface area contributed by atoms with Crippen LogP contribution in [0.4, 0.5) is 17.1 Å². The first kappa shape index (κ1) is 24.2. The fourth-order valence-corrected chi connectivity index (χ4v) is 5.28. The van der Waals surface area contributed by atoms with Crippen LogP contribution in [0.15, 0.2) is 121 Å². The lowest BCUT2D eigenvalue weighted by molar-refractivity contribution is 1.27. The van der Waals surface area contributed by atoms with Gasteiger partial charge in [-0.2, -0.15) is 5.26 Å². The SMILES string of the molecule is Cc1ccc(N(c2ccccc2)c2ccc(C=Cc3ccc4c(c3)c(C#N)c(C)c3ccccc34)cc2)cc1. The number of anilines is 3. The Kier molecular flexibility index (Phi) is 6.41. The van der Waals surface area contributed by atoms with E-state index in [4.69, 9.17) is 0 Å². The second-order valence-electron chi connectivity index (χ2n) is 9.89. The summed E-state index contributed by atoms with van der Waals surface area (Å²) in [6.45, 7) is 4.15. The van der Waals surface area contributed by atoms with Crippen molar-refractivity contribution in [2.45, 2.75) is 13.8 Å². The molecule has 0 bridgehead atoms. The van der Waals surface area contributed by atoms with E-state index in [1.165, 1.54) is 10.9 Å². The van der Waals surface area contributed by atoms with Gasteiger partial charge in [-0.15, -0.1) is 0 Å². The van der Waals surface area contributed by atoms with Gasteiger partial charge in [0.1, 0.15) is 6.07 Å². The molecule has 2 nitrogen and oxygen atoms in total. The Morgan fingerprint density at radius 3 is 1.77 bits per heavy atom. The first-order chi connectivity index (χ1) is 19.1. The second kappa shape index (κ2) is 10.3. The van der Waals surface area contributed by atoms with Gasteiger partial charge in [0, 0.05) is 22.4 Å². The van der Waals surface area contributed by atoms with Gasteiger partial charge in [0.15, 0.2) is 0 Å². The highest BCUT2D eigenvalue weighted by atomic mass is 15.1. The molecule has 0 amide bonds. The van der Waals surface area contributed by atoms with E-state index in [9.17, 15) is 5.26 Å². The van der Waals surface area contributed by atoms with Crippen LogP contribution < -0.4 is 4.90 Å². The number of nitrogens with zero attached hydrogens (tertiary/aromatic N) is 2. The molecule has 0 atom stereocenters. The zero-order valence-electron chi connectivity index (χ0n) is 22.1. The smallest absolute Gasteiger partial charge is 0.100 e. The number of nitriles is 1. The van der Waals surface area contributed by atoms with E-state index in [1.54, 1.807) is 0 Å². The molecule has 0 fully saturated rings. The van der Waals surface area contributed by atoms with Crippen molar-refractivity contribution < 1.29 is 0 Å². The summed E-state index contributed by atoms with van der Waals surface area (Å²) >= 11 is 0. The molecular formula is C37H28N2. The summed E-state index contributed by atoms with van der Waals surface area (Å²) in [4.78, 5) is 2.27. The molecule has 0 aliphatic rings. The third kappa shape index (κ3) is 4.67. The molecule has 0 N–H and O–H groups in total. The second-order valence-corrected chi connectivity index (χ2v) is 9.89. The van der Waals surface area contributed by atoms with Crippen molar-refractivity contribution in [2.75, 3.05) is 4.90 Å². The standard InChI is InChI=1S/C37H28N2/c1-26-12-19-31(20-13-26)39(30-8-4-3-5-9-30)32-21-16-28(17-22-32)14-15-29-18-23-35-34-11-7-6-10-33(34)27(2)37(25-38)36(35)24-29/h3-24H,1-2H3. The average Bonchev–Trinajstić information content (AvgIpc) is 2.99. The summed E-state index contributed by atoms with van der Waals surface area (Å²) in [5.74, 6) is 0. The first-order valence-corrected chi connectivity index (χ1v) is 13.2. The van der Waals surface area contributed by atoms with Crippen LogP contribution in [0.3, 0.4) is 0 Å². The van der Waals surface area contributed by atoms with Crippen LogP contribution in [0.1, 0.15) is 27.8 Å². The van der Waals surface area contributed by atoms with Gasteiger partial charge in [0.2, 0.25) is 0 Å². The summed E-state index contributed by atoms with van der Waals surface area (Å²) in [7, 11) is 0. The van der Waals surface area contributed by atoms with Crippen LogP contribution in [-0.2, 0) is 0 Å². The lowest BCUT2D eigenvalue weighted by Crippen LogP contribution is -2.09. The lowest BCUT2D eigenvalue weighted by atomic mass is 9.92. The van der Waals surface area contributed by atoms with Gasteiger partial charge in [-0.25, -0.2) is 0 Å². The molecule has 0 radical (unpaired) electrons. The quantitative estimate of drug-likeness (QED) is 0.174. The highest BCUT2D eigenvalue weighted by Gasteiger charge is 2.13. The number of aryl methyl sites for hydroxylation is 2. The number of hydrogen-bond acceptors (Lipinski definition) is 2. The minimum Gasteiger partial charge on any atom is -0.311 e. The topological polar surface area (TPSA) is 27.0 Å². The molecule has 0 saturated carbocycles. The Hall–Kier alpha value is -5.13. The number of rotatable bonds is 5. The Balaban J connectivity index is 1.33. The van der Waals surface area contributed by atoms with Crippen LogP contribution in [-0.4, -0.2) is 0 Å². The van der Waals surface area contributed by atoms with E-state index in [1.807, 2.05) is 19.1 Å². The summed E-state index contributed by atoms with van der Waals surface area (Å²) in [5, 5.41) is 14.4. The monoisotopic (exact) mass is 500 g/mol. The maximum Gasteiger partial charge on any atom is 0.100 e. The number of fused-ring (bicyclic) bond motifs is 3. The first-order valence-electron chi connectivity index (χ1n) is 13.2. The van der Waals surface area contributed by atoms with Crippen LogP contribution in [0.2, 0.25) is 0 Å². The molecule has 0 spiro atoms. The maximum absolute atomic E-state index is 9.95. The van der Waals surface area contributed by atoms with Crippen LogP contribution in [0.25, 0.3) is 33.7 Å². The fourth-order valence-electron chi connectivity index (χ4n) is 5.28. The van der Waals surface area contributed by atoms with E-state index in [-0.39, 0.29) is 0 Å². The minimum absolute atomic E-state index is 0.750. The molecule has 6 rings (SSSR count). The van der Waals surface area contributed by atoms with Gasteiger partial charge in [0.05, 0.1) is 5.56 Å². The van der Waals surface area contributed by atoms with Gasteiger partial charge < -0.3 is 4.90 Å². The van der Waals surface area contributed by atoms with E-state index in [0.29, 0.717) is 0 Å². The number of benzene rings is 6. The van der Waals surface area contributed by atoms with Gasteiger partial charge in [0.25, 0.3) is 0 Å². The molecule has 0 heterocycles. The van der Waals surface area contributed by atoms with Crippen molar-refractivity contribution in [3.63, 3.8) is 0 Å². The number of hydrogen-bond donors (Lipinski definition) is 0. The Bertz CT molecular complexity index is 1860. The molecule has 0 aliphatic carbocycles. The van der Waals surface area contributed by atoms with E-state index in [2.05, 4.69) is 139 Å². The molecule has 0 unspecified atom stereocenters. The normalized spacial score (nSPS) is 11.2. The Morgan fingerprint density at radius 2 is 1.08 bits per heavy atom. The van der Waals surface area contributed by atoms with E-state index in [0.717, 1.165) is 55.5 Å². The molecule has 2 heteroatoms. The van der Waals surface area contributed by atoms with Gasteiger partial charge in [-0.3, -0.25) is 0 Å². The zero-order chi connectivity index (χ0) is 26.8. The third-order valence-electron chi connectivity index (χ3n) is 7.35. The average molecular weight is 501 g/mol. The summed E-state index contributed by atoms with van der Waals surface area (Å²) in [6.07, 6.45) is 4.25. The molecule has 0 saturated heterocycles. The van der Waals surface area contributed by atoms with Crippen molar-refractivity contribution in [1.82, 2.24) is 0 Å². The zero-order valence-corrected chi connectivity index (χ0v) is 22.1. The van der Waals surface area contributed by atoms with Crippen molar-refractivity contribution in [3.8, 4) is 6.07 Å². The molecule has 6 aromatic rings. The highest BCUT2D eigenvalue weighted by Crippen LogP contribution is 2.35. The van der Waals surface area contributed by atoms with E-state index < -0.39 is 0 Å². The van der Waals surface area contributed by atoms with Gasteiger partial charge in [-0.1, -0.05) is 96.6 Å². The Labute approximate surface area is 229 Å². The van der Waals surface area contributed by atoms with Crippen molar-refractivity contribution in [3.05, 3.63) is 149 Å². The Morgan fingerprint density at radius 1 is 0.538 bits per heavy atom. The molecular weight excluding hydrogens is 472 g/mol. The highest BCUT2D eigenvalue weighted by molar-refractivity contribution is 6.12. The summed E-state index contributed by atoms with van der Waals surface area (Å²) in [6, 6.07) is 44.9. The van der Waals surface area contributed by atoms with Crippen molar-refractivity contribution in [1.29, 1.82) is 5.26 Å². The van der Waals surface area contributed by atoms with Crippen molar-refractivity contribution >= 4 is 50.8 Å². The van der Waals surface area contributed by atoms with E-state index >= 15 is 0 Å². The van der Waals surface area contributed by atoms with Crippen LogP contribution in [0, 0.1) is 25.2 Å². The molecule has 39 heavy (non-hydrogen) atoms. The maximum atomic E-state index is 9.95. The van der Waals surface area contributed by atoms with Crippen molar-refractivity contribution in [2.24, 2.45) is 0 Å². The predicted molar refractivity (Wildman–Crippen MR) is 166 cm³/mol. The predicted octanol–water partition coefficient (Wildman–Crippen LogP) is 10.1. The third-order valence-corrected chi connectivity index (χ3v) is 7.35. The van der Waals surface area contributed by atoms with Gasteiger partial charge >= 0.3 is 0 Å². The summed E-state index contributed by atoms with van der Waals surface area (Å²) in [5.41, 5.74) is 8.57. The minimum atomic E-state index is 0.750. The molecule has 0 aromatic heterocycles. The summed E-state index contributed by atoms with van der Waals surface area (Å²) < 4.78 is 0. The lowest BCUT2D eigenvalue weighted by Gasteiger charge is -2.25. The van der Waals surface area contributed by atoms with Crippen LogP contribution in [0.5, 0.6) is 0 Å². The van der Waals surface area contributed by atoms with Gasteiger partial charge in [-0.05, 0) is 89.2 Å². The van der Waals surface area contributed by atoms with Crippen LogP contribution >= 0.6 is 0 Å².